The van der Waals surface area contributed by atoms with Crippen molar-refractivity contribution in [1.29, 1.82) is 0 Å². The van der Waals surface area contributed by atoms with E-state index in [-0.39, 0.29) is 21.9 Å². The summed E-state index contributed by atoms with van der Waals surface area (Å²) in [6.45, 7) is 0. The number of hydrogen-bond donors (Lipinski definition) is 3. The van der Waals surface area contributed by atoms with E-state index >= 15 is 0 Å². The van der Waals surface area contributed by atoms with E-state index in [0.717, 1.165) is 6.07 Å². The largest absolute Gasteiger partial charge is 0.273 e. The second-order valence-corrected chi connectivity index (χ2v) is 7.45. The minimum Gasteiger partial charge on any atom is -0.273 e. The highest BCUT2D eigenvalue weighted by atomic mass is 35.5. The third-order valence-corrected chi connectivity index (χ3v) is 5.10. The Morgan fingerprint density at radius 3 is 2.35 bits per heavy atom. The quantitative estimate of drug-likeness (QED) is 0.661. The highest BCUT2D eigenvalue weighted by Gasteiger charge is 2.18. The van der Waals surface area contributed by atoms with Gasteiger partial charge in [0.1, 0.15) is 5.82 Å². The van der Waals surface area contributed by atoms with Gasteiger partial charge in [-0.25, -0.2) is 17.5 Å². The van der Waals surface area contributed by atoms with Crippen LogP contribution in [0.2, 0.25) is 5.02 Å². The van der Waals surface area contributed by atoms with Gasteiger partial charge in [0.2, 0.25) is 15.9 Å². The standard InChI is InChI=1S/C16H15ClFN3O4S/c1-19-26(24,25)12-6-7-14(17)13(9-12)16(23)21-20-15(22)8-10-2-4-11(18)5-3-10/h2-7,9,19H,8H2,1H3,(H,20,22)(H,21,23). The van der Waals surface area contributed by atoms with Crippen molar-refractivity contribution >= 4 is 33.4 Å². The zero-order valence-corrected chi connectivity index (χ0v) is 15.1. The fraction of sp³-hybridized carbons (Fsp3) is 0.125. The first kappa shape index (κ1) is 19.8. The highest BCUT2D eigenvalue weighted by molar-refractivity contribution is 7.89. The first-order valence-electron chi connectivity index (χ1n) is 7.29. The van der Waals surface area contributed by atoms with E-state index < -0.39 is 27.7 Å². The maximum absolute atomic E-state index is 12.8. The van der Waals surface area contributed by atoms with Gasteiger partial charge in [0.25, 0.3) is 5.91 Å². The summed E-state index contributed by atoms with van der Waals surface area (Å²) in [6, 6.07) is 8.93. The lowest BCUT2D eigenvalue weighted by Gasteiger charge is -2.10. The van der Waals surface area contributed by atoms with Gasteiger partial charge in [0.05, 0.1) is 21.9 Å². The molecule has 0 saturated heterocycles. The van der Waals surface area contributed by atoms with Gasteiger partial charge in [-0.15, -0.1) is 0 Å². The molecule has 0 radical (unpaired) electrons. The van der Waals surface area contributed by atoms with Crippen LogP contribution in [0.1, 0.15) is 15.9 Å². The Labute approximate surface area is 154 Å². The van der Waals surface area contributed by atoms with Crippen LogP contribution in [0.4, 0.5) is 4.39 Å². The van der Waals surface area contributed by atoms with E-state index in [9.17, 15) is 22.4 Å². The van der Waals surface area contributed by atoms with E-state index in [0.29, 0.717) is 5.56 Å². The number of halogens is 2. The molecule has 138 valence electrons. The summed E-state index contributed by atoms with van der Waals surface area (Å²) in [6.07, 6.45) is -0.0809. The first-order valence-corrected chi connectivity index (χ1v) is 9.16. The third kappa shape index (κ3) is 5.01. The molecule has 0 aromatic heterocycles. The van der Waals surface area contributed by atoms with Crippen molar-refractivity contribution in [3.05, 3.63) is 64.4 Å². The predicted molar refractivity (Wildman–Crippen MR) is 93.4 cm³/mol. The normalized spacial score (nSPS) is 11.0. The van der Waals surface area contributed by atoms with E-state index in [1.165, 1.54) is 43.4 Å². The van der Waals surface area contributed by atoms with Crippen molar-refractivity contribution in [3.8, 4) is 0 Å². The summed E-state index contributed by atoms with van der Waals surface area (Å²) in [5.41, 5.74) is 4.78. The number of carbonyl (C=O) groups is 2. The molecule has 2 aromatic rings. The molecule has 3 N–H and O–H groups in total. The van der Waals surface area contributed by atoms with Gasteiger partial charge in [0, 0.05) is 0 Å². The van der Waals surface area contributed by atoms with E-state index in [1.807, 2.05) is 0 Å². The lowest BCUT2D eigenvalue weighted by Crippen LogP contribution is -2.42. The van der Waals surface area contributed by atoms with Gasteiger partial charge in [0.15, 0.2) is 0 Å². The predicted octanol–water partition coefficient (Wildman–Crippen LogP) is 1.39. The van der Waals surface area contributed by atoms with Gasteiger partial charge >= 0.3 is 0 Å². The maximum atomic E-state index is 12.8. The number of benzene rings is 2. The van der Waals surface area contributed by atoms with E-state index in [1.54, 1.807) is 0 Å². The summed E-state index contributed by atoms with van der Waals surface area (Å²) in [7, 11) is -2.52. The summed E-state index contributed by atoms with van der Waals surface area (Å²) in [4.78, 5) is 23.8. The maximum Gasteiger partial charge on any atom is 0.271 e. The van der Waals surface area contributed by atoms with Crippen LogP contribution in [0.3, 0.4) is 0 Å². The second kappa shape index (κ2) is 8.26. The van der Waals surface area contributed by atoms with Crippen LogP contribution in [0.5, 0.6) is 0 Å². The van der Waals surface area contributed by atoms with Crippen molar-refractivity contribution in [2.75, 3.05) is 7.05 Å². The number of carbonyl (C=O) groups excluding carboxylic acids is 2. The van der Waals surface area contributed by atoms with Gasteiger partial charge < -0.3 is 0 Å². The van der Waals surface area contributed by atoms with Crippen LogP contribution in [0.15, 0.2) is 47.4 Å². The van der Waals surface area contributed by atoms with E-state index in [4.69, 9.17) is 11.6 Å². The van der Waals surface area contributed by atoms with Crippen LogP contribution >= 0.6 is 11.6 Å². The number of amides is 2. The Morgan fingerprint density at radius 2 is 1.73 bits per heavy atom. The first-order chi connectivity index (χ1) is 12.2. The molecule has 0 aliphatic heterocycles. The van der Waals surface area contributed by atoms with Gasteiger partial charge in [-0.05, 0) is 42.9 Å². The zero-order chi connectivity index (χ0) is 19.3. The number of sulfonamides is 1. The molecule has 0 bridgehead atoms. The molecule has 0 saturated carbocycles. The SMILES string of the molecule is CNS(=O)(=O)c1ccc(Cl)c(C(=O)NNC(=O)Cc2ccc(F)cc2)c1. The smallest absolute Gasteiger partial charge is 0.271 e. The second-order valence-electron chi connectivity index (χ2n) is 5.15. The van der Waals surface area contributed by atoms with Crippen LogP contribution in [-0.4, -0.2) is 27.3 Å². The Balaban J connectivity index is 2.04. The molecule has 7 nitrogen and oxygen atoms in total. The molecular weight excluding hydrogens is 385 g/mol. The lowest BCUT2D eigenvalue weighted by molar-refractivity contribution is -0.121. The van der Waals surface area contributed by atoms with Gasteiger partial charge in [-0.1, -0.05) is 23.7 Å². The van der Waals surface area contributed by atoms with Crippen molar-refractivity contribution in [2.24, 2.45) is 0 Å². The highest BCUT2D eigenvalue weighted by Crippen LogP contribution is 2.20. The number of rotatable bonds is 5. The molecule has 0 spiro atoms. The molecule has 0 aliphatic carbocycles. The molecule has 2 aromatic carbocycles. The molecule has 2 amide bonds. The monoisotopic (exact) mass is 399 g/mol. The Kier molecular flexibility index (Phi) is 6.30. The summed E-state index contributed by atoms with van der Waals surface area (Å²) in [5, 5.41) is 0.0188. The lowest BCUT2D eigenvalue weighted by atomic mass is 10.1. The van der Waals surface area contributed by atoms with Crippen molar-refractivity contribution in [3.63, 3.8) is 0 Å². The molecule has 10 heteroatoms. The average Bonchev–Trinajstić information content (AvgIpc) is 2.62. The number of hydrazine groups is 1. The fourth-order valence-corrected chi connectivity index (χ4v) is 2.95. The third-order valence-electron chi connectivity index (χ3n) is 3.35. The van der Waals surface area contributed by atoms with Crippen molar-refractivity contribution < 1.29 is 22.4 Å². The van der Waals surface area contributed by atoms with Crippen LogP contribution < -0.4 is 15.6 Å². The average molecular weight is 400 g/mol. The number of nitrogens with one attached hydrogen (secondary N) is 3. The molecule has 0 unspecified atom stereocenters. The summed E-state index contributed by atoms with van der Waals surface area (Å²) >= 11 is 5.92. The van der Waals surface area contributed by atoms with Gasteiger partial charge in [-0.2, -0.15) is 0 Å². The minimum atomic E-state index is -3.75. The molecule has 2 rings (SSSR count). The molecule has 0 heterocycles. The Bertz CT molecular complexity index is 933. The molecular formula is C16H15ClFN3O4S. The van der Waals surface area contributed by atoms with Crippen molar-refractivity contribution in [1.82, 2.24) is 15.6 Å². The molecule has 0 fully saturated rings. The Morgan fingerprint density at radius 1 is 1.08 bits per heavy atom. The fourth-order valence-electron chi connectivity index (χ4n) is 1.99. The van der Waals surface area contributed by atoms with Crippen LogP contribution in [-0.2, 0) is 21.2 Å². The van der Waals surface area contributed by atoms with Crippen LogP contribution in [0, 0.1) is 5.82 Å². The summed E-state index contributed by atoms with van der Waals surface area (Å²) in [5.74, 6) is -1.75. The minimum absolute atomic E-state index is 0.0188. The molecule has 0 atom stereocenters. The zero-order valence-electron chi connectivity index (χ0n) is 13.5. The van der Waals surface area contributed by atoms with Crippen LogP contribution in [0.25, 0.3) is 0 Å². The molecule has 0 aliphatic rings. The summed E-state index contributed by atoms with van der Waals surface area (Å²) < 4.78 is 38.5. The Hall–Kier alpha value is -2.49. The van der Waals surface area contributed by atoms with Gasteiger partial charge in [-0.3, -0.25) is 20.4 Å². The van der Waals surface area contributed by atoms with E-state index in [2.05, 4.69) is 15.6 Å². The topological polar surface area (TPSA) is 104 Å². The number of hydrogen-bond acceptors (Lipinski definition) is 4. The van der Waals surface area contributed by atoms with Crippen molar-refractivity contribution in [2.45, 2.75) is 11.3 Å². The molecule has 26 heavy (non-hydrogen) atoms.